The zero-order chi connectivity index (χ0) is 17.0. The first-order valence-corrected chi connectivity index (χ1v) is 8.49. The summed E-state index contributed by atoms with van der Waals surface area (Å²) in [6.07, 6.45) is 3.22. The van der Waals surface area contributed by atoms with E-state index in [1.165, 1.54) is 0 Å². The van der Waals surface area contributed by atoms with Crippen LogP contribution in [0.5, 0.6) is 0 Å². The van der Waals surface area contributed by atoms with Gasteiger partial charge in [0.15, 0.2) is 0 Å². The summed E-state index contributed by atoms with van der Waals surface area (Å²) in [5.74, 6) is -0.491. The molecule has 23 heavy (non-hydrogen) atoms. The van der Waals surface area contributed by atoms with Crippen LogP contribution in [0.25, 0.3) is 0 Å². The Morgan fingerprint density at radius 2 is 1.87 bits per heavy atom. The van der Waals surface area contributed by atoms with E-state index in [1.54, 1.807) is 4.90 Å². The summed E-state index contributed by atoms with van der Waals surface area (Å²) in [5, 5.41) is 2.82. The number of carbonyl (C=O) groups is 2. The number of benzene rings is 1. The molecule has 4 heteroatoms. The van der Waals surface area contributed by atoms with Crippen molar-refractivity contribution in [3.05, 3.63) is 29.8 Å². The second-order valence-electron chi connectivity index (χ2n) is 7.60. The van der Waals surface area contributed by atoms with Crippen molar-refractivity contribution in [1.29, 1.82) is 0 Å². The summed E-state index contributed by atoms with van der Waals surface area (Å²) >= 11 is 0. The molecule has 2 amide bonds. The molecule has 126 valence electrons. The predicted octanol–water partition coefficient (Wildman–Crippen LogP) is 3.57. The lowest BCUT2D eigenvalue weighted by molar-refractivity contribution is -0.143. The Morgan fingerprint density at radius 1 is 1.17 bits per heavy atom. The average Bonchev–Trinajstić information content (AvgIpc) is 2.70. The molecule has 1 saturated heterocycles. The molecule has 0 unspecified atom stereocenters. The van der Waals surface area contributed by atoms with Crippen molar-refractivity contribution in [3.63, 3.8) is 0 Å². The van der Waals surface area contributed by atoms with Gasteiger partial charge in [0, 0.05) is 18.8 Å². The molecular formula is C19H28N2O2. The van der Waals surface area contributed by atoms with Crippen molar-refractivity contribution in [1.82, 2.24) is 4.90 Å². The van der Waals surface area contributed by atoms with E-state index in [9.17, 15) is 9.59 Å². The molecule has 0 aliphatic carbocycles. The van der Waals surface area contributed by atoms with Crippen molar-refractivity contribution in [2.45, 2.75) is 52.4 Å². The quantitative estimate of drug-likeness (QED) is 0.805. The van der Waals surface area contributed by atoms with Crippen LogP contribution in [-0.2, 0) is 15.0 Å². The molecule has 0 bridgehead atoms. The normalized spacial score (nSPS) is 19.1. The summed E-state index contributed by atoms with van der Waals surface area (Å²) in [7, 11) is 0. The highest BCUT2D eigenvalue weighted by molar-refractivity contribution is 6.39. The molecule has 0 saturated carbocycles. The van der Waals surface area contributed by atoms with Crippen LogP contribution in [0.2, 0.25) is 0 Å². The number of hydrogen-bond acceptors (Lipinski definition) is 2. The van der Waals surface area contributed by atoms with E-state index in [0.29, 0.717) is 19.0 Å². The van der Waals surface area contributed by atoms with Gasteiger partial charge < -0.3 is 10.2 Å². The highest BCUT2D eigenvalue weighted by atomic mass is 16.2. The van der Waals surface area contributed by atoms with Gasteiger partial charge in [-0.05, 0) is 35.8 Å². The van der Waals surface area contributed by atoms with E-state index >= 15 is 0 Å². The first kappa shape index (κ1) is 17.5. The van der Waals surface area contributed by atoms with Gasteiger partial charge in [-0.2, -0.15) is 0 Å². The van der Waals surface area contributed by atoms with Gasteiger partial charge in [0.25, 0.3) is 0 Å². The Balaban J connectivity index is 2.11. The molecule has 0 radical (unpaired) electrons. The largest absolute Gasteiger partial charge is 0.334 e. The van der Waals surface area contributed by atoms with Crippen molar-refractivity contribution in [2.24, 2.45) is 5.92 Å². The number of hydrogen-bond donors (Lipinski definition) is 1. The summed E-state index contributed by atoms with van der Waals surface area (Å²) in [6, 6.07) is 7.68. The monoisotopic (exact) mass is 316 g/mol. The third-order valence-electron chi connectivity index (χ3n) is 4.37. The number of carbonyl (C=O) groups excluding carboxylic acids is 2. The SMILES string of the molecule is C[C@H]1CCCCN(C(=O)C(=O)Nc2ccccc2C(C)(C)C)C1. The minimum absolute atomic E-state index is 0.0932. The van der Waals surface area contributed by atoms with E-state index < -0.39 is 11.8 Å². The molecule has 2 rings (SSSR count). The van der Waals surface area contributed by atoms with Crippen LogP contribution in [0.15, 0.2) is 24.3 Å². The third kappa shape index (κ3) is 4.57. The lowest BCUT2D eigenvalue weighted by Gasteiger charge is -2.25. The number of nitrogens with zero attached hydrogens (tertiary/aromatic N) is 1. The van der Waals surface area contributed by atoms with Crippen LogP contribution in [-0.4, -0.2) is 29.8 Å². The van der Waals surface area contributed by atoms with Gasteiger partial charge in [0.1, 0.15) is 0 Å². The number of rotatable bonds is 1. The molecule has 1 N–H and O–H groups in total. The van der Waals surface area contributed by atoms with Crippen molar-refractivity contribution < 1.29 is 9.59 Å². The molecule has 0 aromatic heterocycles. The molecule has 1 aliphatic rings. The van der Waals surface area contributed by atoms with Crippen LogP contribution in [0.1, 0.15) is 52.5 Å². The van der Waals surface area contributed by atoms with Gasteiger partial charge >= 0.3 is 11.8 Å². The summed E-state index contributed by atoms with van der Waals surface area (Å²) in [6.45, 7) is 9.77. The number of anilines is 1. The van der Waals surface area contributed by atoms with Gasteiger partial charge in [-0.15, -0.1) is 0 Å². The van der Waals surface area contributed by atoms with Gasteiger partial charge in [-0.1, -0.05) is 52.3 Å². The average molecular weight is 316 g/mol. The highest BCUT2D eigenvalue weighted by Crippen LogP contribution is 2.29. The maximum absolute atomic E-state index is 12.5. The fourth-order valence-corrected chi connectivity index (χ4v) is 3.10. The summed E-state index contributed by atoms with van der Waals surface area (Å²) in [5.41, 5.74) is 1.66. The topological polar surface area (TPSA) is 49.4 Å². The van der Waals surface area contributed by atoms with E-state index in [2.05, 4.69) is 33.0 Å². The Labute approximate surface area is 139 Å². The smallest absolute Gasteiger partial charge is 0.313 e. The van der Waals surface area contributed by atoms with Crippen LogP contribution in [0.3, 0.4) is 0 Å². The molecule has 1 aromatic carbocycles. The third-order valence-corrected chi connectivity index (χ3v) is 4.37. The minimum Gasteiger partial charge on any atom is -0.334 e. The summed E-state index contributed by atoms with van der Waals surface area (Å²) in [4.78, 5) is 26.6. The van der Waals surface area contributed by atoms with Gasteiger partial charge in [-0.25, -0.2) is 0 Å². The van der Waals surface area contributed by atoms with Crippen LogP contribution in [0.4, 0.5) is 5.69 Å². The molecule has 1 aromatic rings. The van der Waals surface area contributed by atoms with Gasteiger partial charge in [-0.3, -0.25) is 9.59 Å². The number of nitrogens with one attached hydrogen (secondary N) is 1. The lowest BCUT2D eigenvalue weighted by Crippen LogP contribution is -2.41. The second kappa shape index (κ2) is 7.16. The van der Waals surface area contributed by atoms with Crippen LogP contribution in [0, 0.1) is 5.92 Å². The molecule has 1 heterocycles. The van der Waals surface area contributed by atoms with E-state index in [0.717, 1.165) is 30.5 Å². The Bertz CT molecular complexity index is 575. The van der Waals surface area contributed by atoms with Gasteiger partial charge in [0.05, 0.1) is 0 Å². The molecule has 4 nitrogen and oxygen atoms in total. The molecule has 1 atom stereocenters. The Kier molecular flexibility index (Phi) is 5.45. The van der Waals surface area contributed by atoms with Crippen molar-refractivity contribution in [3.8, 4) is 0 Å². The second-order valence-corrected chi connectivity index (χ2v) is 7.60. The standard InChI is InChI=1S/C19H28N2O2/c1-14-9-7-8-12-21(13-14)18(23)17(22)20-16-11-6-5-10-15(16)19(2,3)4/h5-6,10-11,14H,7-9,12-13H2,1-4H3,(H,20,22)/t14-/m0/s1. The highest BCUT2D eigenvalue weighted by Gasteiger charge is 2.26. The number of para-hydroxylation sites is 1. The zero-order valence-electron chi connectivity index (χ0n) is 14.7. The van der Waals surface area contributed by atoms with Crippen molar-refractivity contribution >= 4 is 17.5 Å². The van der Waals surface area contributed by atoms with E-state index in [4.69, 9.17) is 0 Å². The fourth-order valence-electron chi connectivity index (χ4n) is 3.10. The fraction of sp³-hybridized carbons (Fsp3) is 0.579. The molecule has 0 spiro atoms. The zero-order valence-corrected chi connectivity index (χ0v) is 14.7. The van der Waals surface area contributed by atoms with E-state index in [-0.39, 0.29) is 5.41 Å². The van der Waals surface area contributed by atoms with Crippen molar-refractivity contribution in [2.75, 3.05) is 18.4 Å². The lowest BCUT2D eigenvalue weighted by atomic mass is 9.86. The first-order valence-electron chi connectivity index (χ1n) is 8.49. The van der Waals surface area contributed by atoms with Gasteiger partial charge in [0.2, 0.25) is 0 Å². The minimum atomic E-state index is -0.532. The molecular weight excluding hydrogens is 288 g/mol. The predicted molar refractivity (Wildman–Crippen MR) is 93.4 cm³/mol. The van der Waals surface area contributed by atoms with Crippen LogP contribution < -0.4 is 5.32 Å². The maximum Gasteiger partial charge on any atom is 0.313 e. The van der Waals surface area contributed by atoms with Crippen LogP contribution >= 0.6 is 0 Å². The Morgan fingerprint density at radius 3 is 2.57 bits per heavy atom. The summed E-state index contributed by atoms with van der Waals surface area (Å²) < 4.78 is 0. The molecule has 1 fully saturated rings. The Hall–Kier alpha value is -1.84. The van der Waals surface area contributed by atoms with E-state index in [1.807, 2.05) is 24.3 Å². The molecule has 1 aliphatic heterocycles. The first-order chi connectivity index (χ1) is 10.8. The number of likely N-dealkylation sites (tertiary alicyclic amines) is 1. The number of amides is 2. The maximum atomic E-state index is 12.5.